The Bertz CT molecular complexity index is 323. The van der Waals surface area contributed by atoms with Gasteiger partial charge in [-0.05, 0) is 30.4 Å². The molecule has 2 heterocycles. The number of hydrogen-bond donors (Lipinski definition) is 0. The predicted molar refractivity (Wildman–Crippen MR) is 59.2 cm³/mol. The van der Waals surface area contributed by atoms with Crippen molar-refractivity contribution in [3.05, 3.63) is 28.5 Å². The first kappa shape index (κ1) is 9.46. The Morgan fingerprint density at radius 3 is 2.86 bits per heavy atom. The molecule has 0 atom stereocenters. The van der Waals surface area contributed by atoms with Gasteiger partial charge in [-0.25, -0.2) is 0 Å². The third kappa shape index (κ3) is 2.23. The number of carbonyl (C=O) groups excluding carboxylic acids is 1. The van der Waals surface area contributed by atoms with Gasteiger partial charge in [-0.1, -0.05) is 6.07 Å². The van der Waals surface area contributed by atoms with Crippen molar-refractivity contribution in [1.82, 2.24) is 4.90 Å². The smallest absolute Gasteiger partial charge is 0.246 e. The van der Waals surface area contributed by atoms with E-state index >= 15 is 0 Å². The molecule has 0 aliphatic carbocycles. The molecule has 1 amide bonds. The summed E-state index contributed by atoms with van der Waals surface area (Å²) >= 11 is 1.65. The summed E-state index contributed by atoms with van der Waals surface area (Å²) in [5.41, 5.74) is 0. The van der Waals surface area contributed by atoms with Crippen LogP contribution >= 0.6 is 11.3 Å². The molecule has 1 aliphatic rings. The Balaban J connectivity index is 1.93. The molecular formula is C11H13NOS. The summed E-state index contributed by atoms with van der Waals surface area (Å²) in [7, 11) is 0. The lowest BCUT2D eigenvalue weighted by atomic mass is 10.4. The van der Waals surface area contributed by atoms with E-state index in [9.17, 15) is 4.79 Å². The van der Waals surface area contributed by atoms with Crippen LogP contribution in [-0.2, 0) is 4.79 Å². The Morgan fingerprint density at radius 1 is 1.43 bits per heavy atom. The maximum Gasteiger partial charge on any atom is 0.246 e. The van der Waals surface area contributed by atoms with E-state index in [1.165, 1.54) is 0 Å². The molecule has 74 valence electrons. The molecule has 0 unspecified atom stereocenters. The average molecular weight is 207 g/mol. The van der Waals surface area contributed by atoms with Crippen molar-refractivity contribution in [2.24, 2.45) is 0 Å². The summed E-state index contributed by atoms with van der Waals surface area (Å²) in [4.78, 5) is 14.6. The number of nitrogens with zero attached hydrogens (tertiary/aromatic N) is 1. The van der Waals surface area contributed by atoms with Crippen LogP contribution in [0.1, 0.15) is 17.7 Å². The fourth-order valence-corrected chi connectivity index (χ4v) is 2.20. The zero-order chi connectivity index (χ0) is 9.80. The lowest BCUT2D eigenvalue weighted by molar-refractivity contribution is -0.124. The molecule has 0 radical (unpaired) electrons. The molecular weight excluding hydrogens is 194 g/mol. The van der Waals surface area contributed by atoms with Gasteiger partial charge in [0, 0.05) is 24.0 Å². The van der Waals surface area contributed by atoms with E-state index in [1.54, 1.807) is 17.4 Å². The molecule has 0 N–H and O–H groups in total. The van der Waals surface area contributed by atoms with Gasteiger partial charge in [0.1, 0.15) is 0 Å². The normalized spacial score (nSPS) is 16.7. The highest BCUT2D eigenvalue weighted by molar-refractivity contribution is 7.10. The Hall–Kier alpha value is -1.09. The molecule has 0 bridgehead atoms. The van der Waals surface area contributed by atoms with Crippen molar-refractivity contribution >= 4 is 23.3 Å². The zero-order valence-electron chi connectivity index (χ0n) is 7.98. The highest BCUT2D eigenvalue weighted by Crippen LogP contribution is 2.12. The van der Waals surface area contributed by atoms with Crippen molar-refractivity contribution in [3.8, 4) is 0 Å². The summed E-state index contributed by atoms with van der Waals surface area (Å²) in [5, 5.41) is 2.01. The maximum absolute atomic E-state index is 11.6. The molecule has 1 aromatic heterocycles. The van der Waals surface area contributed by atoms with E-state index in [4.69, 9.17) is 0 Å². The topological polar surface area (TPSA) is 20.3 Å². The maximum atomic E-state index is 11.6. The average Bonchev–Trinajstić information content (AvgIpc) is 2.87. The van der Waals surface area contributed by atoms with Crippen molar-refractivity contribution < 1.29 is 4.79 Å². The zero-order valence-corrected chi connectivity index (χ0v) is 8.80. The van der Waals surface area contributed by atoms with Gasteiger partial charge in [-0.3, -0.25) is 4.79 Å². The standard InChI is InChI=1S/C11H13NOS/c13-11(12-7-1-2-8-12)6-5-10-4-3-9-14-10/h3-6,9H,1-2,7-8H2/b6-5+. The SMILES string of the molecule is O=C(/C=C/c1cccs1)N1CCCC1. The molecule has 14 heavy (non-hydrogen) atoms. The lowest BCUT2D eigenvalue weighted by Crippen LogP contribution is -2.25. The van der Waals surface area contributed by atoms with Gasteiger partial charge in [0.25, 0.3) is 0 Å². The second-order valence-corrected chi connectivity index (χ2v) is 4.36. The molecule has 1 fully saturated rings. The van der Waals surface area contributed by atoms with Gasteiger partial charge < -0.3 is 4.90 Å². The predicted octanol–water partition coefficient (Wildman–Crippen LogP) is 2.38. The van der Waals surface area contributed by atoms with Crippen molar-refractivity contribution in [2.45, 2.75) is 12.8 Å². The highest BCUT2D eigenvalue weighted by Gasteiger charge is 2.14. The highest BCUT2D eigenvalue weighted by atomic mass is 32.1. The van der Waals surface area contributed by atoms with Crippen molar-refractivity contribution in [3.63, 3.8) is 0 Å². The van der Waals surface area contributed by atoms with E-state index in [2.05, 4.69) is 0 Å². The third-order valence-electron chi connectivity index (χ3n) is 2.35. The van der Waals surface area contributed by atoms with Gasteiger partial charge in [0.05, 0.1) is 0 Å². The second kappa shape index (κ2) is 4.42. The Kier molecular flexibility index (Phi) is 2.99. The summed E-state index contributed by atoms with van der Waals surface area (Å²) in [6, 6.07) is 4.00. The minimum absolute atomic E-state index is 0.149. The fourth-order valence-electron chi connectivity index (χ4n) is 1.58. The lowest BCUT2D eigenvalue weighted by Gasteiger charge is -2.11. The molecule has 2 nitrogen and oxygen atoms in total. The number of carbonyl (C=O) groups is 1. The van der Waals surface area contributed by atoms with E-state index in [1.807, 2.05) is 28.5 Å². The summed E-state index contributed by atoms with van der Waals surface area (Å²) in [5.74, 6) is 0.149. The van der Waals surface area contributed by atoms with Gasteiger partial charge in [-0.15, -0.1) is 11.3 Å². The number of rotatable bonds is 2. The van der Waals surface area contributed by atoms with Crippen LogP contribution in [0.25, 0.3) is 6.08 Å². The number of hydrogen-bond acceptors (Lipinski definition) is 2. The number of thiophene rings is 1. The molecule has 1 aromatic rings. The van der Waals surface area contributed by atoms with Crippen LogP contribution < -0.4 is 0 Å². The van der Waals surface area contributed by atoms with Crippen LogP contribution in [-0.4, -0.2) is 23.9 Å². The fraction of sp³-hybridized carbons (Fsp3) is 0.364. The first-order valence-corrected chi connectivity index (χ1v) is 5.75. The van der Waals surface area contributed by atoms with Gasteiger partial charge in [-0.2, -0.15) is 0 Å². The van der Waals surface area contributed by atoms with E-state index in [0.29, 0.717) is 0 Å². The minimum Gasteiger partial charge on any atom is -0.339 e. The monoisotopic (exact) mass is 207 g/mol. The molecule has 1 saturated heterocycles. The summed E-state index contributed by atoms with van der Waals surface area (Å²) in [6.45, 7) is 1.85. The molecule has 0 aromatic carbocycles. The minimum atomic E-state index is 0.149. The molecule has 0 saturated carbocycles. The quantitative estimate of drug-likeness (QED) is 0.682. The van der Waals surface area contributed by atoms with E-state index < -0.39 is 0 Å². The number of likely N-dealkylation sites (tertiary alicyclic amines) is 1. The van der Waals surface area contributed by atoms with Crippen LogP contribution in [0.4, 0.5) is 0 Å². The Morgan fingerprint density at radius 2 is 2.21 bits per heavy atom. The largest absolute Gasteiger partial charge is 0.339 e. The van der Waals surface area contributed by atoms with Gasteiger partial charge >= 0.3 is 0 Å². The van der Waals surface area contributed by atoms with Crippen LogP contribution in [0.2, 0.25) is 0 Å². The van der Waals surface area contributed by atoms with Crippen LogP contribution in [0.15, 0.2) is 23.6 Å². The van der Waals surface area contributed by atoms with E-state index in [-0.39, 0.29) is 5.91 Å². The van der Waals surface area contributed by atoms with Crippen molar-refractivity contribution in [1.29, 1.82) is 0 Å². The molecule has 1 aliphatic heterocycles. The summed E-state index contributed by atoms with van der Waals surface area (Å²) in [6.07, 6.45) is 5.87. The van der Waals surface area contributed by atoms with Crippen LogP contribution in [0, 0.1) is 0 Å². The summed E-state index contributed by atoms with van der Waals surface area (Å²) < 4.78 is 0. The second-order valence-electron chi connectivity index (χ2n) is 3.38. The molecule has 3 heteroatoms. The third-order valence-corrected chi connectivity index (χ3v) is 3.19. The molecule has 0 spiro atoms. The Labute approximate surface area is 87.9 Å². The first-order valence-electron chi connectivity index (χ1n) is 4.87. The van der Waals surface area contributed by atoms with Crippen molar-refractivity contribution in [2.75, 3.05) is 13.1 Å². The van der Waals surface area contributed by atoms with Gasteiger partial charge in [0.15, 0.2) is 0 Å². The van der Waals surface area contributed by atoms with Crippen LogP contribution in [0.5, 0.6) is 0 Å². The van der Waals surface area contributed by atoms with Gasteiger partial charge in [0.2, 0.25) is 5.91 Å². The molecule has 2 rings (SSSR count). The first-order chi connectivity index (χ1) is 6.86. The van der Waals surface area contributed by atoms with Crippen LogP contribution in [0.3, 0.4) is 0 Å². The van der Waals surface area contributed by atoms with E-state index in [0.717, 1.165) is 30.8 Å². The number of amides is 1.